The maximum atomic E-state index is 11.0. The summed E-state index contributed by atoms with van der Waals surface area (Å²) in [6, 6.07) is 0. The Kier molecular flexibility index (Phi) is 16.9. The fourth-order valence-corrected chi connectivity index (χ4v) is 2.52. The zero-order chi connectivity index (χ0) is 17.2. The van der Waals surface area contributed by atoms with E-state index in [0.717, 1.165) is 12.8 Å². The Bertz CT molecular complexity index is 287. The molecular formula is C20H38O3. The second kappa shape index (κ2) is 17.5. The van der Waals surface area contributed by atoms with Crippen molar-refractivity contribution in [3.63, 3.8) is 0 Å². The maximum absolute atomic E-state index is 11.0. The molecule has 0 heterocycles. The lowest BCUT2D eigenvalue weighted by Gasteiger charge is -2.04. The second-order valence-corrected chi connectivity index (χ2v) is 6.57. The van der Waals surface area contributed by atoms with Gasteiger partial charge in [-0.2, -0.15) is 4.89 Å². The van der Waals surface area contributed by atoms with E-state index in [1.54, 1.807) is 6.92 Å². The average molecular weight is 327 g/mol. The topological polar surface area (TPSA) is 35.5 Å². The number of unbranched alkanes of at least 4 members (excludes halogenated alkanes) is 13. The van der Waals surface area contributed by atoms with Gasteiger partial charge in [-0.05, 0) is 13.3 Å². The first kappa shape index (κ1) is 22.2. The Morgan fingerprint density at radius 3 is 1.52 bits per heavy atom. The van der Waals surface area contributed by atoms with E-state index in [-0.39, 0.29) is 0 Å². The van der Waals surface area contributed by atoms with Crippen molar-refractivity contribution in [2.45, 2.75) is 104 Å². The van der Waals surface area contributed by atoms with Crippen molar-refractivity contribution < 1.29 is 14.6 Å². The van der Waals surface area contributed by atoms with Gasteiger partial charge in [0.2, 0.25) is 0 Å². The highest BCUT2D eigenvalue weighted by Gasteiger charge is 2.03. The van der Waals surface area contributed by atoms with Crippen molar-refractivity contribution in [2.24, 2.45) is 0 Å². The highest BCUT2D eigenvalue weighted by atomic mass is 17.2. The largest absolute Gasteiger partial charge is 0.368 e. The monoisotopic (exact) mass is 326 g/mol. The van der Waals surface area contributed by atoms with E-state index in [9.17, 15) is 4.79 Å². The fraction of sp³-hybridized carbons (Fsp3) is 0.850. The first-order valence-corrected chi connectivity index (χ1v) is 9.67. The molecule has 0 aliphatic heterocycles. The molecule has 3 heteroatoms. The summed E-state index contributed by atoms with van der Waals surface area (Å²) in [7, 11) is 0. The number of carbonyl (C=O) groups is 1. The van der Waals surface area contributed by atoms with E-state index in [1.165, 1.54) is 77.0 Å². The van der Waals surface area contributed by atoms with Crippen molar-refractivity contribution in [1.29, 1.82) is 0 Å². The van der Waals surface area contributed by atoms with Crippen LogP contribution in [0.2, 0.25) is 0 Å². The molecule has 0 aliphatic carbocycles. The normalized spacial score (nSPS) is 10.7. The Balaban J connectivity index is 3.05. The molecule has 0 aromatic carbocycles. The summed E-state index contributed by atoms with van der Waals surface area (Å²) >= 11 is 0. The van der Waals surface area contributed by atoms with Gasteiger partial charge in [0.1, 0.15) is 0 Å². The fourth-order valence-electron chi connectivity index (χ4n) is 2.52. The van der Waals surface area contributed by atoms with Crippen LogP contribution in [-0.4, -0.2) is 12.6 Å². The Hall–Kier alpha value is -0.830. The van der Waals surface area contributed by atoms with Crippen molar-refractivity contribution in [3.05, 3.63) is 12.2 Å². The van der Waals surface area contributed by atoms with Crippen LogP contribution in [0.4, 0.5) is 0 Å². The third-order valence-electron chi connectivity index (χ3n) is 4.06. The summed E-state index contributed by atoms with van der Waals surface area (Å²) in [5.74, 6) is -0.477. The number of hydrogen-bond acceptors (Lipinski definition) is 3. The quantitative estimate of drug-likeness (QED) is 0.132. The smallest absolute Gasteiger partial charge is 0.293 e. The van der Waals surface area contributed by atoms with Crippen LogP contribution in [0.25, 0.3) is 0 Å². The lowest BCUT2D eigenvalue weighted by atomic mass is 10.0. The van der Waals surface area contributed by atoms with Crippen LogP contribution in [0, 0.1) is 0 Å². The van der Waals surface area contributed by atoms with Crippen molar-refractivity contribution in [1.82, 2.24) is 0 Å². The van der Waals surface area contributed by atoms with Crippen LogP contribution in [-0.2, 0) is 14.6 Å². The number of carbonyl (C=O) groups excluding carboxylic acids is 1. The van der Waals surface area contributed by atoms with Crippen LogP contribution < -0.4 is 0 Å². The first-order valence-electron chi connectivity index (χ1n) is 9.67. The molecule has 0 spiro atoms. The zero-order valence-corrected chi connectivity index (χ0v) is 15.5. The van der Waals surface area contributed by atoms with Crippen LogP contribution in [0.5, 0.6) is 0 Å². The van der Waals surface area contributed by atoms with Gasteiger partial charge in [-0.1, -0.05) is 97.0 Å². The lowest BCUT2D eigenvalue weighted by Crippen LogP contribution is -2.06. The molecule has 0 radical (unpaired) electrons. The highest BCUT2D eigenvalue weighted by Crippen LogP contribution is 2.12. The van der Waals surface area contributed by atoms with E-state index >= 15 is 0 Å². The Morgan fingerprint density at radius 1 is 0.739 bits per heavy atom. The van der Waals surface area contributed by atoms with Crippen LogP contribution in [0.15, 0.2) is 12.2 Å². The van der Waals surface area contributed by atoms with E-state index < -0.39 is 5.97 Å². The molecule has 3 nitrogen and oxygen atoms in total. The summed E-state index contributed by atoms with van der Waals surface area (Å²) in [5, 5.41) is 0. The molecule has 136 valence electrons. The van der Waals surface area contributed by atoms with E-state index in [1.807, 2.05) is 0 Å². The van der Waals surface area contributed by atoms with E-state index in [4.69, 9.17) is 4.89 Å². The van der Waals surface area contributed by atoms with Gasteiger partial charge in [-0.3, -0.25) is 4.89 Å². The molecule has 0 amide bonds. The third-order valence-corrected chi connectivity index (χ3v) is 4.06. The van der Waals surface area contributed by atoms with Gasteiger partial charge >= 0.3 is 5.97 Å². The van der Waals surface area contributed by atoms with Gasteiger partial charge < -0.3 is 0 Å². The molecule has 0 atom stereocenters. The van der Waals surface area contributed by atoms with Crippen molar-refractivity contribution in [3.8, 4) is 0 Å². The van der Waals surface area contributed by atoms with Gasteiger partial charge in [0.25, 0.3) is 0 Å². The number of hydrogen-bond donors (Lipinski definition) is 0. The number of rotatable bonds is 17. The van der Waals surface area contributed by atoms with Gasteiger partial charge in [-0.15, -0.1) is 0 Å². The molecule has 0 fully saturated rings. The molecule has 23 heavy (non-hydrogen) atoms. The summed E-state index contributed by atoms with van der Waals surface area (Å²) in [4.78, 5) is 20.5. The third kappa shape index (κ3) is 17.4. The minimum atomic E-state index is -0.477. The Morgan fingerprint density at radius 2 is 1.13 bits per heavy atom. The van der Waals surface area contributed by atoms with Crippen molar-refractivity contribution >= 4 is 5.97 Å². The van der Waals surface area contributed by atoms with Crippen LogP contribution in [0.1, 0.15) is 104 Å². The average Bonchev–Trinajstić information content (AvgIpc) is 2.54. The molecule has 0 aromatic heterocycles. The molecule has 0 saturated heterocycles. The summed E-state index contributed by atoms with van der Waals surface area (Å²) < 4.78 is 0. The standard InChI is InChI=1S/C20H38O3/c1-4-5-6-7-8-9-10-11-12-13-14-15-16-17-18-22-23-20(21)19(2)3/h2,4-18H2,1,3H3. The SMILES string of the molecule is C=C(C)C(=O)OOCCCCCCCCCCCCCCCC. The highest BCUT2D eigenvalue weighted by molar-refractivity contribution is 5.86. The van der Waals surface area contributed by atoms with Crippen LogP contribution in [0.3, 0.4) is 0 Å². The van der Waals surface area contributed by atoms with Crippen molar-refractivity contribution in [2.75, 3.05) is 6.61 Å². The zero-order valence-electron chi connectivity index (χ0n) is 15.5. The summed E-state index contributed by atoms with van der Waals surface area (Å²) in [5.41, 5.74) is 0.367. The molecule has 0 saturated carbocycles. The molecule has 0 aliphatic rings. The molecule has 0 aromatic rings. The molecule has 0 rings (SSSR count). The Labute approximate surface area is 143 Å². The molecule has 0 N–H and O–H groups in total. The summed E-state index contributed by atoms with van der Waals surface area (Å²) in [6.07, 6.45) is 18.6. The van der Waals surface area contributed by atoms with Gasteiger partial charge in [0.15, 0.2) is 0 Å². The van der Waals surface area contributed by atoms with E-state index in [0.29, 0.717) is 12.2 Å². The molecular weight excluding hydrogens is 288 g/mol. The molecule has 0 unspecified atom stereocenters. The first-order chi connectivity index (χ1) is 11.2. The minimum absolute atomic E-state index is 0.367. The van der Waals surface area contributed by atoms with Gasteiger partial charge in [0.05, 0.1) is 6.61 Å². The maximum Gasteiger partial charge on any atom is 0.368 e. The predicted octanol–water partition coefficient (Wildman–Crippen LogP) is 6.52. The predicted molar refractivity (Wildman–Crippen MR) is 97.2 cm³/mol. The van der Waals surface area contributed by atoms with E-state index in [2.05, 4.69) is 18.4 Å². The second-order valence-electron chi connectivity index (χ2n) is 6.57. The minimum Gasteiger partial charge on any atom is -0.293 e. The lowest BCUT2D eigenvalue weighted by molar-refractivity contribution is -0.268. The van der Waals surface area contributed by atoms with Gasteiger partial charge in [-0.25, -0.2) is 4.79 Å². The van der Waals surface area contributed by atoms with Gasteiger partial charge in [0, 0.05) is 5.57 Å². The summed E-state index contributed by atoms with van der Waals surface area (Å²) in [6.45, 7) is 7.85. The van der Waals surface area contributed by atoms with Crippen LogP contribution >= 0.6 is 0 Å². The molecule has 0 bridgehead atoms.